The van der Waals surface area contributed by atoms with E-state index in [2.05, 4.69) is 9.28 Å². The lowest BCUT2D eigenvalue weighted by molar-refractivity contribution is -0.0146. The summed E-state index contributed by atoms with van der Waals surface area (Å²) in [6.07, 6.45) is 0.504. The van der Waals surface area contributed by atoms with E-state index in [0.29, 0.717) is 37.2 Å². The predicted molar refractivity (Wildman–Crippen MR) is 64.5 cm³/mol. The number of rotatable bonds is 3. The number of nitrogens with two attached hydrogens (primary N) is 2. The van der Waals surface area contributed by atoms with Gasteiger partial charge in [-0.2, -0.15) is 18.5 Å². The molecule has 0 aromatic heterocycles. The number of hydroxylamine groups is 2. The second-order valence-corrected chi connectivity index (χ2v) is 4.92. The summed E-state index contributed by atoms with van der Waals surface area (Å²) in [6, 6.07) is 0. The molecule has 1 fully saturated rings. The van der Waals surface area contributed by atoms with Gasteiger partial charge in [-0.3, -0.25) is 4.55 Å². The highest BCUT2D eigenvalue weighted by molar-refractivity contribution is 7.80. The van der Waals surface area contributed by atoms with Gasteiger partial charge in [0.25, 0.3) is 0 Å². The molecular weight excluding hydrogens is 278 g/mol. The molecule has 1 saturated heterocycles. The van der Waals surface area contributed by atoms with Crippen LogP contribution >= 0.6 is 0 Å². The third kappa shape index (κ3) is 3.54. The highest BCUT2D eigenvalue weighted by Crippen LogP contribution is 2.16. The quantitative estimate of drug-likeness (QED) is 0.494. The molecule has 0 aromatic rings. The summed E-state index contributed by atoms with van der Waals surface area (Å²) in [5.41, 5.74) is 11.3. The SMILES string of the molecule is NC1=NC(N2CCOCC2)=CC(N)N1OS(=O)(=O)O. The van der Waals surface area contributed by atoms with Crippen LogP contribution in [0.25, 0.3) is 0 Å². The van der Waals surface area contributed by atoms with Crippen LogP contribution in [0, 0.1) is 0 Å². The first-order chi connectivity index (χ1) is 8.87. The summed E-state index contributed by atoms with van der Waals surface area (Å²) in [5.74, 6) is 0.262. The third-order valence-electron chi connectivity index (χ3n) is 2.56. The van der Waals surface area contributed by atoms with Gasteiger partial charge in [0.1, 0.15) is 12.0 Å². The Balaban J connectivity index is 2.13. The van der Waals surface area contributed by atoms with Crippen molar-refractivity contribution < 1.29 is 22.0 Å². The second-order valence-electron chi connectivity index (χ2n) is 3.91. The Morgan fingerprint density at radius 2 is 2.11 bits per heavy atom. The highest BCUT2D eigenvalue weighted by atomic mass is 32.3. The summed E-state index contributed by atoms with van der Waals surface area (Å²) in [7, 11) is -4.71. The van der Waals surface area contributed by atoms with Gasteiger partial charge in [0.2, 0.25) is 5.96 Å². The molecule has 0 aromatic carbocycles. The molecule has 2 heterocycles. The normalized spacial score (nSPS) is 25.1. The summed E-state index contributed by atoms with van der Waals surface area (Å²) >= 11 is 0. The van der Waals surface area contributed by atoms with Crippen LogP contribution in [0.5, 0.6) is 0 Å². The van der Waals surface area contributed by atoms with Crippen LogP contribution in [-0.2, 0) is 19.4 Å². The topological polar surface area (TPSA) is 144 Å². The first-order valence-electron chi connectivity index (χ1n) is 5.47. The van der Waals surface area contributed by atoms with Crippen LogP contribution in [0.2, 0.25) is 0 Å². The van der Waals surface area contributed by atoms with Gasteiger partial charge in [0.05, 0.1) is 13.2 Å². The molecular formula is C8H15N5O5S. The fourth-order valence-electron chi connectivity index (χ4n) is 1.73. The van der Waals surface area contributed by atoms with E-state index in [-0.39, 0.29) is 5.96 Å². The van der Waals surface area contributed by atoms with Crippen molar-refractivity contribution in [2.45, 2.75) is 6.17 Å². The Morgan fingerprint density at radius 3 is 2.63 bits per heavy atom. The molecule has 2 aliphatic heterocycles. The summed E-state index contributed by atoms with van der Waals surface area (Å²) in [6.45, 7) is 2.39. The zero-order valence-corrected chi connectivity index (χ0v) is 10.8. The number of guanidine groups is 1. The Morgan fingerprint density at radius 1 is 1.47 bits per heavy atom. The van der Waals surface area contributed by atoms with Crippen LogP contribution in [-0.4, -0.2) is 61.4 Å². The molecule has 19 heavy (non-hydrogen) atoms. The minimum atomic E-state index is -4.71. The van der Waals surface area contributed by atoms with E-state index in [4.69, 9.17) is 20.8 Å². The van der Waals surface area contributed by atoms with E-state index < -0.39 is 16.6 Å². The van der Waals surface area contributed by atoms with Crippen molar-refractivity contribution in [3.63, 3.8) is 0 Å². The number of hydrogen-bond acceptors (Lipinski definition) is 9. The predicted octanol–water partition coefficient (Wildman–Crippen LogP) is -2.19. The van der Waals surface area contributed by atoms with E-state index in [9.17, 15) is 8.42 Å². The lowest BCUT2D eigenvalue weighted by Crippen LogP contribution is -2.52. The molecule has 1 unspecified atom stereocenters. The van der Waals surface area contributed by atoms with Crippen LogP contribution in [0.15, 0.2) is 16.9 Å². The molecule has 11 heteroatoms. The molecule has 0 radical (unpaired) electrons. The number of ether oxygens (including phenoxy) is 1. The molecule has 0 bridgehead atoms. The first kappa shape index (κ1) is 14.0. The van der Waals surface area contributed by atoms with E-state index in [1.807, 2.05) is 4.90 Å². The minimum Gasteiger partial charge on any atom is -0.378 e. The minimum absolute atomic E-state index is 0.255. The second kappa shape index (κ2) is 5.30. The smallest absolute Gasteiger partial charge is 0.378 e. The highest BCUT2D eigenvalue weighted by Gasteiger charge is 2.28. The van der Waals surface area contributed by atoms with Gasteiger partial charge in [0, 0.05) is 13.1 Å². The largest absolute Gasteiger partial charge is 0.418 e. The Bertz CT molecular complexity index is 498. The van der Waals surface area contributed by atoms with E-state index in [1.54, 1.807) is 0 Å². The third-order valence-corrected chi connectivity index (χ3v) is 2.90. The van der Waals surface area contributed by atoms with Crippen molar-refractivity contribution >= 4 is 16.4 Å². The zero-order valence-electron chi connectivity index (χ0n) is 9.97. The van der Waals surface area contributed by atoms with Crippen LogP contribution in [0.1, 0.15) is 0 Å². The summed E-state index contributed by atoms with van der Waals surface area (Å²) in [5, 5.41) is 0.610. The molecule has 108 valence electrons. The average Bonchev–Trinajstić information content (AvgIpc) is 2.33. The maximum Gasteiger partial charge on any atom is 0.418 e. The lowest BCUT2D eigenvalue weighted by Gasteiger charge is -2.34. The van der Waals surface area contributed by atoms with Gasteiger partial charge < -0.3 is 21.1 Å². The Labute approximate surface area is 110 Å². The fourth-order valence-corrected chi connectivity index (χ4v) is 2.11. The van der Waals surface area contributed by atoms with Crippen LogP contribution < -0.4 is 11.5 Å². The molecule has 1 atom stereocenters. The standard InChI is InChI=1S/C8H15N5O5S/c9-6-5-7(12-1-3-17-4-2-12)11-8(10)13(6)18-19(14,15)16/h5-6H,1-4,9H2,(H2,10,11)(H,14,15,16). The van der Waals surface area contributed by atoms with Gasteiger partial charge >= 0.3 is 10.4 Å². The van der Waals surface area contributed by atoms with E-state index in [0.717, 1.165) is 0 Å². The number of aliphatic imine (C=N–C) groups is 1. The van der Waals surface area contributed by atoms with Gasteiger partial charge in [-0.05, 0) is 6.08 Å². The molecule has 5 N–H and O–H groups in total. The molecule has 0 amide bonds. The Hall–Kier alpha value is -1.40. The van der Waals surface area contributed by atoms with Gasteiger partial charge in [0.15, 0.2) is 0 Å². The molecule has 0 spiro atoms. The van der Waals surface area contributed by atoms with Gasteiger partial charge in [-0.25, -0.2) is 0 Å². The van der Waals surface area contributed by atoms with Crippen molar-refractivity contribution in [3.05, 3.63) is 11.9 Å². The lowest BCUT2D eigenvalue weighted by atomic mass is 10.3. The van der Waals surface area contributed by atoms with Crippen molar-refractivity contribution in [1.29, 1.82) is 0 Å². The van der Waals surface area contributed by atoms with Crippen molar-refractivity contribution in [2.24, 2.45) is 16.5 Å². The van der Waals surface area contributed by atoms with Crippen LogP contribution in [0.4, 0.5) is 0 Å². The van der Waals surface area contributed by atoms with Gasteiger partial charge in [-0.15, -0.1) is 4.28 Å². The maximum atomic E-state index is 10.7. The first-order valence-corrected chi connectivity index (χ1v) is 6.84. The van der Waals surface area contributed by atoms with Crippen molar-refractivity contribution in [2.75, 3.05) is 26.3 Å². The summed E-state index contributed by atoms with van der Waals surface area (Å²) < 4.78 is 39.4. The molecule has 0 saturated carbocycles. The molecule has 2 rings (SSSR count). The maximum absolute atomic E-state index is 10.7. The number of morpholine rings is 1. The molecule has 2 aliphatic rings. The van der Waals surface area contributed by atoms with E-state index >= 15 is 0 Å². The molecule has 0 aliphatic carbocycles. The van der Waals surface area contributed by atoms with Crippen LogP contribution in [0.3, 0.4) is 0 Å². The fraction of sp³-hybridized carbons (Fsp3) is 0.625. The molecule has 10 nitrogen and oxygen atoms in total. The van der Waals surface area contributed by atoms with Gasteiger partial charge in [-0.1, -0.05) is 0 Å². The summed E-state index contributed by atoms with van der Waals surface area (Å²) in [4.78, 5) is 5.90. The zero-order chi connectivity index (χ0) is 14.0. The number of hydrogen-bond donors (Lipinski definition) is 3. The van der Waals surface area contributed by atoms with E-state index in [1.165, 1.54) is 6.08 Å². The van der Waals surface area contributed by atoms with Crippen molar-refractivity contribution in [1.82, 2.24) is 9.96 Å². The average molecular weight is 293 g/mol. The monoisotopic (exact) mass is 293 g/mol. The van der Waals surface area contributed by atoms with Crippen molar-refractivity contribution in [3.8, 4) is 0 Å². The Kier molecular flexibility index (Phi) is 3.91. The number of nitrogens with zero attached hydrogens (tertiary/aromatic N) is 3.